The Morgan fingerprint density at radius 2 is 1.60 bits per heavy atom. The molecule has 0 aliphatic heterocycles. The lowest BCUT2D eigenvalue weighted by atomic mass is 9.72. The highest BCUT2D eigenvalue weighted by Gasteiger charge is 2.34. The quantitative estimate of drug-likeness (QED) is 0.678. The van der Waals surface area contributed by atoms with E-state index < -0.39 is 18.1 Å². The van der Waals surface area contributed by atoms with Gasteiger partial charge in [0, 0.05) is 5.92 Å². The number of amides is 1. The minimum absolute atomic E-state index is 0.0395. The van der Waals surface area contributed by atoms with Crippen molar-refractivity contribution in [1.82, 2.24) is 5.32 Å². The predicted octanol–water partition coefficient (Wildman–Crippen LogP) is 5.34. The molecule has 4 rings (SSSR count). The van der Waals surface area contributed by atoms with E-state index in [9.17, 15) is 14.7 Å². The van der Waals surface area contributed by atoms with E-state index >= 15 is 0 Å². The zero-order valence-corrected chi connectivity index (χ0v) is 17.4. The smallest absolute Gasteiger partial charge is 0.407 e. The fourth-order valence-electron chi connectivity index (χ4n) is 5.08. The molecular formula is C25H29NO4. The van der Waals surface area contributed by atoms with E-state index in [0.29, 0.717) is 6.42 Å². The van der Waals surface area contributed by atoms with E-state index in [1.54, 1.807) is 0 Å². The first kappa shape index (κ1) is 20.5. The summed E-state index contributed by atoms with van der Waals surface area (Å²) in [5, 5.41) is 12.2. The molecule has 0 aromatic heterocycles. The molecule has 0 radical (unpaired) electrons. The second-order valence-corrected chi connectivity index (χ2v) is 8.94. The second kappa shape index (κ2) is 8.50. The number of alkyl carbamates (subject to hydrolysis) is 1. The predicted molar refractivity (Wildman–Crippen MR) is 115 cm³/mol. The second-order valence-electron chi connectivity index (χ2n) is 8.94. The van der Waals surface area contributed by atoms with Crippen molar-refractivity contribution in [3.8, 4) is 11.1 Å². The van der Waals surface area contributed by atoms with Crippen LogP contribution in [0.1, 0.15) is 62.5 Å². The van der Waals surface area contributed by atoms with Crippen molar-refractivity contribution in [3.63, 3.8) is 0 Å². The summed E-state index contributed by atoms with van der Waals surface area (Å²) in [6.07, 6.45) is 5.22. The van der Waals surface area contributed by atoms with Crippen LogP contribution >= 0.6 is 0 Å². The van der Waals surface area contributed by atoms with Gasteiger partial charge in [0.25, 0.3) is 0 Å². The molecule has 2 aliphatic rings. The fourth-order valence-corrected chi connectivity index (χ4v) is 5.08. The Balaban J connectivity index is 1.41. The van der Waals surface area contributed by atoms with E-state index in [4.69, 9.17) is 4.74 Å². The Morgan fingerprint density at radius 1 is 1.03 bits per heavy atom. The van der Waals surface area contributed by atoms with Gasteiger partial charge in [0.05, 0.1) is 0 Å². The van der Waals surface area contributed by atoms with Crippen LogP contribution in [0.15, 0.2) is 48.5 Å². The van der Waals surface area contributed by atoms with E-state index in [0.717, 1.165) is 47.9 Å². The fraction of sp³-hybridized carbons (Fsp3) is 0.440. The van der Waals surface area contributed by atoms with E-state index in [1.165, 1.54) is 6.42 Å². The number of benzene rings is 2. The molecule has 158 valence electrons. The van der Waals surface area contributed by atoms with Crippen molar-refractivity contribution in [2.24, 2.45) is 5.41 Å². The Hall–Kier alpha value is -2.82. The lowest BCUT2D eigenvalue weighted by Crippen LogP contribution is -2.44. The first-order valence-corrected chi connectivity index (χ1v) is 10.8. The topological polar surface area (TPSA) is 75.6 Å². The van der Waals surface area contributed by atoms with Gasteiger partial charge in [-0.15, -0.1) is 0 Å². The Kier molecular flexibility index (Phi) is 5.80. The number of carboxylic acid groups (broad SMARTS) is 1. The highest BCUT2D eigenvalue weighted by molar-refractivity contribution is 5.81. The molecule has 0 bridgehead atoms. The zero-order valence-electron chi connectivity index (χ0n) is 17.4. The molecule has 0 spiro atoms. The largest absolute Gasteiger partial charge is 0.480 e. The molecule has 2 aliphatic carbocycles. The molecule has 2 N–H and O–H groups in total. The molecule has 1 saturated carbocycles. The molecule has 1 unspecified atom stereocenters. The van der Waals surface area contributed by atoms with Crippen LogP contribution in [0.2, 0.25) is 0 Å². The standard InChI is InChI=1S/C25H29NO4/c1-25(13-7-2-8-14-25)15-22(23(27)28)26-24(29)30-16-21-19-11-5-3-9-17(19)18-10-4-6-12-20(18)21/h3-6,9-12,21-22H,2,7-8,13-16H2,1H3,(H,26,29)(H,27,28). The lowest BCUT2D eigenvalue weighted by molar-refractivity contribution is -0.140. The summed E-state index contributed by atoms with van der Waals surface area (Å²) >= 11 is 0. The van der Waals surface area contributed by atoms with E-state index in [-0.39, 0.29) is 17.9 Å². The van der Waals surface area contributed by atoms with Crippen LogP contribution in [0.3, 0.4) is 0 Å². The summed E-state index contributed by atoms with van der Waals surface area (Å²) in [6.45, 7) is 2.31. The Morgan fingerprint density at radius 3 is 2.17 bits per heavy atom. The van der Waals surface area contributed by atoms with Crippen molar-refractivity contribution < 1.29 is 19.4 Å². The van der Waals surface area contributed by atoms with Crippen LogP contribution in [-0.2, 0) is 9.53 Å². The molecule has 0 saturated heterocycles. The minimum Gasteiger partial charge on any atom is -0.480 e. The maximum Gasteiger partial charge on any atom is 0.407 e. The van der Waals surface area contributed by atoms with Crippen LogP contribution in [-0.4, -0.2) is 29.8 Å². The number of carbonyl (C=O) groups excluding carboxylic acids is 1. The van der Waals surface area contributed by atoms with Crippen LogP contribution in [0, 0.1) is 5.41 Å². The number of aliphatic carboxylic acids is 1. The van der Waals surface area contributed by atoms with Gasteiger partial charge in [0.2, 0.25) is 0 Å². The van der Waals surface area contributed by atoms with Crippen LogP contribution in [0.25, 0.3) is 11.1 Å². The third kappa shape index (κ3) is 4.20. The number of ether oxygens (including phenoxy) is 1. The summed E-state index contributed by atoms with van der Waals surface area (Å²) < 4.78 is 5.53. The number of fused-ring (bicyclic) bond motifs is 3. The monoisotopic (exact) mass is 407 g/mol. The number of nitrogens with one attached hydrogen (secondary N) is 1. The Bertz CT molecular complexity index is 887. The number of hydrogen-bond acceptors (Lipinski definition) is 3. The molecule has 1 atom stereocenters. The van der Waals surface area contributed by atoms with Gasteiger partial charge in [-0.2, -0.15) is 0 Å². The molecule has 1 amide bonds. The first-order chi connectivity index (χ1) is 14.5. The van der Waals surface area contributed by atoms with Crippen LogP contribution in [0.5, 0.6) is 0 Å². The van der Waals surface area contributed by atoms with Gasteiger partial charge in [-0.1, -0.05) is 74.7 Å². The van der Waals surface area contributed by atoms with Crippen molar-refractivity contribution in [2.75, 3.05) is 6.61 Å². The van der Waals surface area contributed by atoms with E-state index in [1.807, 2.05) is 24.3 Å². The third-order valence-corrected chi connectivity index (χ3v) is 6.69. The number of carbonyl (C=O) groups is 2. The molecule has 2 aromatic carbocycles. The molecule has 5 heteroatoms. The third-order valence-electron chi connectivity index (χ3n) is 6.69. The van der Waals surface area contributed by atoms with Crippen molar-refractivity contribution in [2.45, 2.75) is 57.4 Å². The minimum atomic E-state index is -1.00. The van der Waals surface area contributed by atoms with Crippen molar-refractivity contribution in [3.05, 3.63) is 59.7 Å². The van der Waals surface area contributed by atoms with Gasteiger partial charge in [0.1, 0.15) is 12.6 Å². The summed E-state index contributed by atoms with van der Waals surface area (Å²) in [4.78, 5) is 24.3. The summed E-state index contributed by atoms with van der Waals surface area (Å²) in [5.74, 6) is -1.04. The molecule has 30 heavy (non-hydrogen) atoms. The van der Waals surface area contributed by atoms with Gasteiger partial charge >= 0.3 is 12.1 Å². The molecule has 5 nitrogen and oxygen atoms in total. The summed E-state index contributed by atoms with van der Waals surface area (Å²) in [6, 6.07) is 15.4. The SMILES string of the molecule is CC1(CC(NC(=O)OCC2c3ccccc3-c3ccccc32)C(=O)O)CCCCC1. The van der Waals surface area contributed by atoms with Crippen molar-refractivity contribution >= 4 is 12.1 Å². The lowest BCUT2D eigenvalue weighted by Gasteiger charge is -2.35. The molecule has 2 aromatic rings. The van der Waals surface area contributed by atoms with Gasteiger partial charge in [-0.25, -0.2) is 9.59 Å². The number of carboxylic acids is 1. The summed E-state index contributed by atoms with van der Waals surface area (Å²) in [5.41, 5.74) is 4.55. The molecular weight excluding hydrogens is 378 g/mol. The zero-order chi connectivity index (χ0) is 21.1. The van der Waals surface area contributed by atoms with Crippen LogP contribution in [0.4, 0.5) is 4.79 Å². The number of hydrogen-bond donors (Lipinski definition) is 2. The van der Waals surface area contributed by atoms with Gasteiger partial charge in [-0.05, 0) is 46.9 Å². The van der Waals surface area contributed by atoms with E-state index in [2.05, 4.69) is 36.5 Å². The number of rotatable bonds is 6. The molecule has 1 fully saturated rings. The normalized spacial score (nSPS) is 18.2. The maximum absolute atomic E-state index is 12.5. The van der Waals surface area contributed by atoms with Gasteiger partial charge in [-0.3, -0.25) is 0 Å². The average Bonchev–Trinajstić information content (AvgIpc) is 3.06. The first-order valence-electron chi connectivity index (χ1n) is 10.8. The van der Waals surface area contributed by atoms with Gasteiger partial charge in [0.15, 0.2) is 0 Å². The van der Waals surface area contributed by atoms with Crippen molar-refractivity contribution in [1.29, 1.82) is 0 Å². The van der Waals surface area contributed by atoms with Crippen LogP contribution < -0.4 is 5.32 Å². The highest BCUT2D eigenvalue weighted by atomic mass is 16.5. The Labute approximate surface area is 177 Å². The summed E-state index contributed by atoms with van der Waals surface area (Å²) in [7, 11) is 0. The highest BCUT2D eigenvalue weighted by Crippen LogP contribution is 2.44. The molecule has 0 heterocycles. The van der Waals surface area contributed by atoms with Gasteiger partial charge < -0.3 is 15.2 Å². The average molecular weight is 408 g/mol. The maximum atomic E-state index is 12.5.